The van der Waals surface area contributed by atoms with E-state index in [0.29, 0.717) is 5.57 Å². The first-order valence-corrected chi connectivity index (χ1v) is 6.91. The summed E-state index contributed by atoms with van der Waals surface area (Å²) in [6.45, 7) is 5.47. The van der Waals surface area contributed by atoms with Crippen molar-refractivity contribution in [3.05, 3.63) is 94.3 Å². The van der Waals surface area contributed by atoms with Crippen LogP contribution in [0.1, 0.15) is 12.5 Å². The first kappa shape index (κ1) is 18.5. The zero-order valence-corrected chi connectivity index (χ0v) is 13.1. The van der Waals surface area contributed by atoms with Gasteiger partial charge in [-0.25, -0.2) is 4.79 Å². The summed E-state index contributed by atoms with van der Waals surface area (Å²) in [4.78, 5) is 21.7. The number of ether oxygens (including phenoxy) is 1. The van der Waals surface area contributed by atoms with E-state index in [1.807, 2.05) is 13.0 Å². The SMILES string of the molecule is C=CC(=C=C/C=C\C)/C=C/C(=O)OC(=N)c1ccc([N+](=O)[O-])cc1. The molecule has 0 atom stereocenters. The zero-order valence-electron chi connectivity index (χ0n) is 13.1. The van der Waals surface area contributed by atoms with Crippen molar-refractivity contribution in [1.82, 2.24) is 0 Å². The quantitative estimate of drug-likeness (QED) is 0.126. The molecule has 1 aromatic rings. The maximum atomic E-state index is 11.7. The Kier molecular flexibility index (Phi) is 7.34. The molecule has 6 heteroatoms. The summed E-state index contributed by atoms with van der Waals surface area (Å²) in [5.74, 6) is -1.14. The lowest BCUT2D eigenvalue weighted by atomic mass is 10.2. The maximum absolute atomic E-state index is 11.7. The molecule has 0 saturated heterocycles. The number of esters is 1. The fourth-order valence-corrected chi connectivity index (χ4v) is 1.50. The van der Waals surface area contributed by atoms with Crippen LogP contribution in [-0.2, 0) is 9.53 Å². The summed E-state index contributed by atoms with van der Waals surface area (Å²) in [6.07, 6.45) is 9.40. The second-order valence-corrected chi connectivity index (χ2v) is 4.38. The third-order valence-corrected chi connectivity index (χ3v) is 2.70. The Morgan fingerprint density at radius 3 is 2.54 bits per heavy atom. The molecule has 24 heavy (non-hydrogen) atoms. The van der Waals surface area contributed by atoms with Crippen LogP contribution in [0.25, 0.3) is 0 Å². The number of non-ortho nitro benzene ring substituents is 1. The van der Waals surface area contributed by atoms with Crippen LogP contribution >= 0.6 is 0 Å². The van der Waals surface area contributed by atoms with Crippen molar-refractivity contribution in [1.29, 1.82) is 5.41 Å². The monoisotopic (exact) mass is 324 g/mol. The van der Waals surface area contributed by atoms with Gasteiger partial charge in [-0.1, -0.05) is 24.8 Å². The molecule has 122 valence electrons. The molecule has 1 N–H and O–H groups in total. The van der Waals surface area contributed by atoms with Gasteiger partial charge in [0.25, 0.3) is 5.69 Å². The van der Waals surface area contributed by atoms with Crippen molar-refractivity contribution in [2.75, 3.05) is 0 Å². The summed E-state index contributed by atoms with van der Waals surface area (Å²) in [7, 11) is 0. The number of allylic oxidation sites excluding steroid dienone is 5. The third kappa shape index (κ3) is 6.09. The summed E-state index contributed by atoms with van der Waals surface area (Å²) in [5.41, 5.74) is 3.63. The minimum Gasteiger partial charge on any atom is -0.404 e. The van der Waals surface area contributed by atoms with E-state index in [1.165, 1.54) is 36.4 Å². The van der Waals surface area contributed by atoms with E-state index in [4.69, 9.17) is 10.1 Å². The second-order valence-electron chi connectivity index (χ2n) is 4.38. The molecule has 1 rings (SSSR count). The number of nitrogens with zero attached hydrogens (tertiary/aromatic N) is 1. The molecule has 0 fully saturated rings. The highest BCUT2D eigenvalue weighted by atomic mass is 16.6. The Morgan fingerprint density at radius 2 is 2.00 bits per heavy atom. The Morgan fingerprint density at radius 1 is 1.33 bits per heavy atom. The maximum Gasteiger partial charge on any atom is 0.337 e. The van der Waals surface area contributed by atoms with Crippen LogP contribution in [0, 0.1) is 15.5 Å². The fraction of sp³-hybridized carbons (Fsp3) is 0.0556. The number of nitro benzene ring substituents is 1. The van der Waals surface area contributed by atoms with Gasteiger partial charge in [-0.15, -0.1) is 5.73 Å². The van der Waals surface area contributed by atoms with Crippen LogP contribution in [0.3, 0.4) is 0 Å². The zero-order chi connectivity index (χ0) is 17.9. The average Bonchev–Trinajstić information content (AvgIpc) is 2.58. The standard InChI is InChI=1S/C18H16N2O4/c1-3-5-6-7-14(4-2)8-13-17(21)24-18(19)15-9-11-16(12-10-15)20(22)23/h3-6,8-13,19H,2H2,1H3/b5-3-,13-8+,19-18?. The van der Waals surface area contributed by atoms with Gasteiger partial charge in [0.05, 0.1) is 4.92 Å². The van der Waals surface area contributed by atoms with Crippen molar-refractivity contribution >= 4 is 17.6 Å². The van der Waals surface area contributed by atoms with E-state index in [2.05, 4.69) is 12.3 Å². The molecule has 0 aromatic heterocycles. The van der Waals surface area contributed by atoms with Crippen molar-refractivity contribution in [2.45, 2.75) is 6.92 Å². The van der Waals surface area contributed by atoms with E-state index >= 15 is 0 Å². The average molecular weight is 324 g/mol. The second kappa shape index (κ2) is 9.50. The number of rotatable bonds is 6. The van der Waals surface area contributed by atoms with Crippen molar-refractivity contribution < 1.29 is 14.5 Å². The van der Waals surface area contributed by atoms with Gasteiger partial charge in [0.15, 0.2) is 0 Å². The predicted molar refractivity (Wildman–Crippen MR) is 91.8 cm³/mol. The lowest BCUT2D eigenvalue weighted by Gasteiger charge is -2.03. The molecular weight excluding hydrogens is 308 g/mol. The normalized spacial score (nSPS) is 10.2. The van der Waals surface area contributed by atoms with Gasteiger partial charge in [0.2, 0.25) is 5.90 Å². The van der Waals surface area contributed by atoms with Gasteiger partial charge in [-0.05, 0) is 31.2 Å². The van der Waals surface area contributed by atoms with E-state index in [1.54, 1.807) is 12.2 Å². The first-order chi connectivity index (χ1) is 11.5. The predicted octanol–water partition coefficient (Wildman–Crippen LogP) is 3.86. The van der Waals surface area contributed by atoms with Crippen LogP contribution in [0.5, 0.6) is 0 Å². The molecule has 0 heterocycles. The molecule has 0 aliphatic rings. The third-order valence-electron chi connectivity index (χ3n) is 2.70. The lowest BCUT2D eigenvalue weighted by Crippen LogP contribution is -2.10. The first-order valence-electron chi connectivity index (χ1n) is 6.91. The molecule has 0 amide bonds. The molecule has 0 saturated carbocycles. The van der Waals surface area contributed by atoms with Crippen LogP contribution in [0.4, 0.5) is 5.69 Å². The number of nitro groups is 1. The number of hydrogen-bond donors (Lipinski definition) is 1. The van der Waals surface area contributed by atoms with E-state index in [-0.39, 0.29) is 11.3 Å². The van der Waals surface area contributed by atoms with Gasteiger partial charge < -0.3 is 4.74 Å². The van der Waals surface area contributed by atoms with Gasteiger partial charge in [-0.2, -0.15) is 0 Å². The largest absolute Gasteiger partial charge is 0.404 e. The topological polar surface area (TPSA) is 93.3 Å². The molecule has 6 nitrogen and oxygen atoms in total. The summed E-state index contributed by atoms with van der Waals surface area (Å²) in [5, 5.41) is 18.3. The number of carbonyl (C=O) groups excluding carboxylic acids is 1. The van der Waals surface area contributed by atoms with Crippen LogP contribution in [-0.4, -0.2) is 16.8 Å². The van der Waals surface area contributed by atoms with E-state index in [0.717, 1.165) is 6.08 Å². The van der Waals surface area contributed by atoms with E-state index < -0.39 is 16.8 Å². The van der Waals surface area contributed by atoms with Gasteiger partial charge >= 0.3 is 5.97 Å². The summed E-state index contributed by atoms with van der Waals surface area (Å²) >= 11 is 0. The van der Waals surface area contributed by atoms with Crippen molar-refractivity contribution in [3.8, 4) is 0 Å². The minimum atomic E-state index is -0.745. The molecule has 0 spiro atoms. The fourth-order valence-electron chi connectivity index (χ4n) is 1.50. The van der Waals surface area contributed by atoms with Gasteiger partial charge in [0.1, 0.15) is 0 Å². The van der Waals surface area contributed by atoms with Gasteiger partial charge in [0, 0.05) is 29.3 Å². The van der Waals surface area contributed by atoms with Crippen molar-refractivity contribution in [3.63, 3.8) is 0 Å². The lowest BCUT2D eigenvalue weighted by molar-refractivity contribution is -0.384. The molecule has 0 bridgehead atoms. The smallest absolute Gasteiger partial charge is 0.337 e. The molecule has 0 aliphatic heterocycles. The Hall–Kier alpha value is -3.50. The van der Waals surface area contributed by atoms with Crippen LogP contribution in [0.15, 0.2) is 78.6 Å². The molecule has 0 aliphatic carbocycles. The number of benzene rings is 1. The number of hydrogen-bond acceptors (Lipinski definition) is 5. The molecule has 0 radical (unpaired) electrons. The highest BCUT2D eigenvalue weighted by Gasteiger charge is 2.10. The van der Waals surface area contributed by atoms with Gasteiger partial charge in [-0.3, -0.25) is 15.5 Å². The molecule has 0 unspecified atom stereocenters. The summed E-state index contributed by atoms with van der Waals surface area (Å²) in [6, 6.07) is 5.15. The van der Waals surface area contributed by atoms with Crippen molar-refractivity contribution in [2.24, 2.45) is 0 Å². The Balaban J connectivity index is 2.74. The highest BCUT2D eigenvalue weighted by Crippen LogP contribution is 2.12. The minimum absolute atomic E-state index is 0.105. The Bertz CT molecular complexity index is 765. The molecular formula is C18H16N2O4. The highest BCUT2D eigenvalue weighted by molar-refractivity contribution is 6.01. The number of nitrogens with one attached hydrogen (secondary N) is 1. The van der Waals surface area contributed by atoms with Crippen LogP contribution in [0.2, 0.25) is 0 Å². The summed E-state index contributed by atoms with van der Waals surface area (Å²) < 4.78 is 4.85. The van der Waals surface area contributed by atoms with Crippen LogP contribution < -0.4 is 0 Å². The Labute approximate surface area is 139 Å². The van der Waals surface area contributed by atoms with E-state index in [9.17, 15) is 14.9 Å². The number of carbonyl (C=O) groups is 1. The molecule has 1 aromatic carbocycles.